The molecule has 0 bridgehead atoms. The third-order valence-corrected chi connectivity index (χ3v) is 5.94. The highest BCUT2D eigenvalue weighted by atomic mass is 35.5. The van der Waals surface area contributed by atoms with E-state index in [0.717, 1.165) is 17.2 Å². The van der Waals surface area contributed by atoms with Crippen molar-refractivity contribution in [2.75, 3.05) is 19.6 Å². The van der Waals surface area contributed by atoms with Crippen molar-refractivity contribution in [1.82, 2.24) is 4.90 Å². The van der Waals surface area contributed by atoms with Crippen LogP contribution >= 0.6 is 11.6 Å². The Morgan fingerprint density at radius 1 is 1.09 bits per heavy atom. The predicted octanol–water partition coefficient (Wildman–Crippen LogP) is 1.94. The van der Waals surface area contributed by atoms with Crippen LogP contribution in [0.25, 0.3) is 0 Å². The van der Waals surface area contributed by atoms with Gasteiger partial charge >= 0.3 is 7.12 Å². The van der Waals surface area contributed by atoms with Gasteiger partial charge in [0.15, 0.2) is 0 Å². The van der Waals surface area contributed by atoms with Crippen molar-refractivity contribution in [3.8, 4) is 5.75 Å². The number of aryl methyl sites for hydroxylation is 1. The summed E-state index contributed by atoms with van der Waals surface area (Å²) in [6, 6.07) is 11.5. The fraction of sp³-hybridized carbons (Fsp3) is 0.417. The van der Waals surface area contributed by atoms with Crippen molar-refractivity contribution in [3.05, 3.63) is 58.6 Å². The quantitative estimate of drug-likeness (QED) is 0.292. The standard InChI is InChI=1S/C16H22ClNO.C8H8BNO4/c17-15-12-13(4-3-11-18-9-1-2-10-18)5-8-16(15)19-14-6-7-14;10-8(12)7(11)5-1-3-6(4-2-5)9(13)14/h5,8,12,14H,1-4,6-7,9-11H2;1-4,13-14H,(H2,10,12). The number of nitrogens with zero attached hydrogens (tertiary/aromatic N) is 1. The Balaban J connectivity index is 0.000000196. The van der Waals surface area contributed by atoms with E-state index in [1.54, 1.807) is 0 Å². The van der Waals surface area contributed by atoms with Gasteiger partial charge in [-0.3, -0.25) is 9.59 Å². The molecule has 2 aromatic carbocycles. The number of benzene rings is 2. The molecule has 0 unspecified atom stereocenters. The van der Waals surface area contributed by atoms with E-state index in [1.807, 2.05) is 6.07 Å². The molecule has 2 aliphatic rings. The van der Waals surface area contributed by atoms with E-state index in [9.17, 15) is 9.59 Å². The van der Waals surface area contributed by atoms with Gasteiger partial charge in [0, 0.05) is 5.56 Å². The smallest absolute Gasteiger partial charge is 0.488 e. The van der Waals surface area contributed by atoms with E-state index >= 15 is 0 Å². The van der Waals surface area contributed by atoms with Gasteiger partial charge in [0.1, 0.15) is 5.75 Å². The highest BCUT2D eigenvalue weighted by Gasteiger charge is 2.24. The summed E-state index contributed by atoms with van der Waals surface area (Å²) in [5, 5.41) is 18.3. The topological polar surface area (TPSA) is 113 Å². The predicted molar refractivity (Wildman–Crippen MR) is 129 cm³/mol. The van der Waals surface area contributed by atoms with Gasteiger partial charge < -0.3 is 25.4 Å². The average molecular weight is 473 g/mol. The van der Waals surface area contributed by atoms with E-state index < -0.39 is 18.8 Å². The number of ether oxygens (including phenoxy) is 1. The van der Waals surface area contributed by atoms with Crippen molar-refractivity contribution in [2.45, 2.75) is 44.6 Å². The summed E-state index contributed by atoms with van der Waals surface area (Å²) in [6.45, 7) is 3.79. The summed E-state index contributed by atoms with van der Waals surface area (Å²) in [6.07, 6.45) is 7.84. The van der Waals surface area contributed by atoms with Crippen LogP contribution in [0, 0.1) is 0 Å². The number of carbonyl (C=O) groups excluding carboxylic acids is 2. The minimum absolute atomic E-state index is 0.127. The zero-order valence-electron chi connectivity index (χ0n) is 18.6. The molecule has 1 amide bonds. The summed E-state index contributed by atoms with van der Waals surface area (Å²) >= 11 is 6.27. The van der Waals surface area contributed by atoms with E-state index in [2.05, 4.69) is 17.0 Å². The lowest BCUT2D eigenvalue weighted by molar-refractivity contribution is -0.114. The van der Waals surface area contributed by atoms with Crippen LogP contribution in [0.3, 0.4) is 0 Å². The normalized spacial score (nSPS) is 15.5. The first kappa shape index (κ1) is 25.2. The van der Waals surface area contributed by atoms with Gasteiger partial charge in [0.25, 0.3) is 5.91 Å². The molecule has 0 radical (unpaired) electrons. The number of likely N-dealkylation sites (tertiary alicyclic amines) is 1. The van der Waals surface area contributed by atoms with Crippen LogP contribution in [0.1, 0.15) is 48.0 Å². The summed E-state index contributed by atoms with van der Waals surface area (Å²) in [5.41, 5.74) is 6.47. The summed E-state index contributed by atoms with van der Waals surface area (Å²) in [7, 11) is -1.59. The number of halogens is 1. The van der Waals surface area contributed by atoms with Crippen molar-refractivity contribution in [3.63, 3.8) is 0 Å². The molecule has 0 spiro atoms. The van der Waals surface area contributed by atoms with Crippen molar-refractivity contribution in [2.24, 2.45) is 5.73 Å². The fourth-order valence-electron chi connectivity index (χ4n) is 3.62. The Bertz CT molecular complexity index is 944. The van der Waals surface area contributed by atoms with Gasteiger partial charge in [-0.1, -0.05) is 41.9 Å². The van der Waals surface area contributed by atoms with E-state index in [1.165, 1.54) is 81.6 Å². The minimum atomic E-state index is -1.59. The molecule has 1 heterocycles. The molecule has 1 aliphatic heterocycles. The number of rotatable bonds is 9. The zero-order chi connectivity index (χ0) is 23.8. The summed E-state index contributed by atoms with van der Waals surface area (Å²) in [4.78, 5) is 24.1. The lowest BCUT2D eigenvalue weighted by Gasteiger charge is -2.14. The van der Waals surface area contributed by atoms with Crippen molar-refractivity contribution >= 4 is 35.9 Å². The molecular formula is C24H30BClN2O5. The van der Waals surface area contributed by atoms with Gasteiger partial charge in [0.05, 0.1) is 11.1 Å². The number of carbonyl (C=O) groups is 2. The van der Waals surface area contributed by atoms with Gasteiger partial charge in [-0.25, -0.2) is 0 Å². The largest absolute Gasteiger partial charge is 0.489 e. The van der Waals surface area contributed by atoms with Gasteiger partial charge in [-0.05, 0) is 81.3 Å². The molecule has 0 atom stereocenters. The Morgan fingerprint density at radius 3 is 2.30 bits per heavy atom. The number of hydrogen-bond acceptors (Lipinski definition) is 6. The third-order valence-electron chi connectivity index (χ3n) is 5.65. The molecule has 4 N–H and O–H groups in total. The van der Waals surface area contributed by atoms with Crippen LogP contribution in [-0.4, -0.2) is 59.5 Å². The molecule has 2 fully saturated rings. The maximum atomic E-state index is 11.0. The van der Waals surface area contributed by atoms with Crippen LogP contribution in [0.5, 0.6) is 5.75 Å². The van der Waals surface area contributed by atoms with Crippen LogP contribution in [0.2, 0.25) is 5.02 Å². The van der Waals surface area contributed by atoms with Gasteiger partial charge in [0.2, 0.25) is 5.78 Å². The molecule has 176 valence electrons. The SMILES string of the molecule is Clc1cc(CCCN2CCCC2)ccc1OC1CC1.NC(=O)C(=O)c1ccc(B(O)O)cc1. The molecule has 7 nitrogen and oxygen atoms in total. The van der Waals surface area contributed by atoms with E-state index in [4.69, 9.17) is 32.1 Å². The number of nitrogens with two attached hydrogens (primary N) is 1. The maximum absolute atomic E-state index is 11.0. The van der Waals surface area contributed by atoms with Crippen molar-refractivity contribution in [1.29, 1.82) is 0 Å². The Kier molecular flexibility index (Phi) is 9.32. The third kappa shape index (κ3) is 8.16. The molecule has 1 aliphatic carbocycles. The van der Waals surface area contributed by atoms with Crippen LogP contribution in [-0.2, 0) is 11.2 Å². The molecular weight excluding hydrogens is 443 g/mol. The summed E-state index contributed by atoms with van der Waals surface area (Å²) in [5.74, 6) is -0.987. The first-order valence-corrected chi connectivity index (χ1v) is 11.7. The lowest BCUT2D eigenvalue weighted by atomic mass is 9.80. The van der Waals surface area contributed by atoms with Crippen LogP contribution in [0.15, 0.2) is 42.5 Å². The zero-order valence-corrected chi connectivity index (χ0v) is 19.3. The first-order valence-electron chi connectivity index (χ1n) is 11.3. The van der Waals surface area contributed by atoms with Gasteiger partial charge in [-0.15, -0.1) is 0 Å². The number of hydrogen-bond donors (Lipinski definition) is 3. The minimum Gasteiger partial charge on any atom is -0.489 e. The highest BCUT2D eigenvalue weighted by Crippen LogP contribution is 2.32. The highest BCUT2D eigenvalue weighted by molar-refractivity contribution is 6.58. The maximum Gasteiger partial charge on any atom is 0.488 e. The lowest BCUT2D eigenvalue weighted by Crippen LogP contribution is -2.30. The Hall–Kier alpha value is -2.39. The number of amides is 1. The molecule has 1 saturated heterocycles. The first-order chi connectivity index (χ1) is 15.8. The molecule has 9 heteroatoms. The second-order valence-corrected chi connectivity index (χ2v) is 8.83. The second kappa shape index (κ2) is 12.2. The average Bonchev–Trinajstić information content (AvgIpc) is 3.47. The molecule has 33 heavy (non-hydrogen) atoms. The Morgan fingerprint density at radius 2 is 1.76 bits per heavy atom. The van der Waals surface area contributed by atoms with Crippen LogP contribution in [0.4, 0.5) is 0 Å². The summed E-state index contributed by atoms with van der Waals surface area (Å²) < 4.78 is 5.76. The van der Waals surface area contributed by atoms with E-state index in [-0.39, 0.29) is 11.0 Å². The molecule has 0 aromatic heterocycles. The second-order valence-electron chi connectivity index (χ2n) is 8.42. The number of primary amides is 1. The monoisotopic (exact) mass is 472 g/mol. The van der Waals surface area contributed by atoms with Crippen molar-refractivity contribution < 1.29 is 24.4 Å². The molecule has 1 saturated carbocycles. The van der Waals surface area contributed by atoms with Gasteiger partial charge in [-0.2, -0.15) is 0 Å². The van der Waals surface area contributed by atoms with Crippen LogP contribution < -0.4 is 15.9 Å². The Labute approximate surface area is 199 Å². The van der Waals surface area contributed by atoms with E-state index in [0.29, 0.717) is 6.10 Å². The molecule has 4 rings (SSSR count). The number of Topliss-reactive ketones (excluding diaryl/α,β-unsaturated/α-hetero) is 1. The fourth-order valence-corrected chi connectivity index (χ4v) is 3.87. The number of ketones is 1. The molecule has 2 aromatic rings.